The Hall–Kier alpha value is -1.91. The van der Waals surface area contributed by atoms with Crippen molar-refractivity contribution >= 4 is 0 Å². The van der Waals surface area contributed by atoms with Gasteiger partial charge in [-0.2, -0.15) is 0 Å². The quantitative estimate of drug-likeness (QED) is 0.820. The van der Waals surface area contributed by atoms with Crippen molar-refractivity contribution in [2.24, 2.45) is 0 Å². The molecule has 0 amide bonds. The van der Waals surface area contributed by atoms with Crippen molar-refractivity contribution in [1.82, 2.24) is 14.8 Å². The minimum atomic E-state index is 0.721. The second-order valence-corrected chi connectivity index (χ2v) is 5.98. The standard InChI is InChI=1S/C19H25N3O/c1-2-23-19-5-3-17(4-6-19)15-21-11-13-22(14-12-21)16-18-7-9-20-10-8-18/h3-10H,2,11-16H2,1H3. The van der Waals surface area contributed by atoms with Crippen LogP contribution in [0.5, 0.6) is 5.75 Å². The van der Waals surface area contributed by atoms with Crippen LogP contribution in [0.1, 0.15) is 18.1 Å². The molecule has 0 atom stereocenters. The van der Waals surface area contributed by atoms with Crippen molar-refractivity contribution in [3.63, 3.8) is 0 Å². The van der Waals surface area contributed by atoms with E-state index in [0.717, 1.165) is 51.6 Å². The van der Waals surface area contributed by atoms with E-state index in [1.54, 1.807) is 0 Å². The molecule has 1 aliphatic heterocycles. The van der Waals surface area contributed by atoms with Gasteiger partial charge in [0.2, 0.25) is 0 Å². The first kappa shape index (κ1) is 16.0. The van der Waals surface area contributed by atoms with Gasteiger partial charge in [-0.3, -0.25) is 14.8 Å². The molecule has 4 heteroatoms. The highest BCUT2D eigenvalue weighted by Gasteiger charge is 2.17. The van der Waals surface area contributed by atoms with Crippen molar-refractivity contribution in [2.45, 2.75) is 20.0 Å². The molecule has 1 fully saturated rings. The molecule has 1 aromatic carbocycles. The van der Waals surface area contributed by atoms with Crippen LogP contribution in [0, 0.1) is 0 Å². The largest absolute Gasteiger partial charge is 0.494 e. The van der Waals surface area contributed by atoms with E-state index in [1.165, 1.54) is 11.1 Å². The lowest BCUT2D eigenvalue weighted by atomic mass is 10.2. The highest BCUT2D eigenvalue weighted by Crippen LogP contribution is 2.15. The molecule has 0 radical (unpaired) electrons. The number of hydrogen-bond acceptors (Lipinski definition) is 4. The van der Waals surface area contributed by atoms with E-state index in [-0.39, 0.29) is 0 Å². The zero-order valence-electron chi connectivity index (χ0n) is 13.8. The van der Waals surface area contributed by atoms with E-state index >= 15 is 0 Å². The van der Waals surface area contributed by atoms with Gasteiger partial charge in [0.15, 0.2) is 0 Å². The summed E-state index contributed by atoms with van der Waals surface area (Å²) in [5.41, 5.74) is 2.70. The SMILES string of the molecule is CCOc1ccc(CN2CCN(Cc3ccncc3)CC2)cc1. The second kappa shape index (κ2) is 8.09. The van der Waals surface area contributed by atoms with Gasteiger partial charge in [-0.05, 0) is 42.3 Å². The first-order chi connectivity index (χ1) is 11.3. The second-order valence-electron chi connectivity index (χ2n) is 5.98. The lowest BCUT2D eigenvalue weighted by Gasteiger charge is -2.34. The molecule has 0 spiro atoms. The molecule has 3 rings (SSSR count). The molecule has 4 nitrogen and oxygen atoms in total. The maximum atomic E-state index is 5.50. The Morgan fingerprint density at radius 2 is 1.35 bits per heavy atom. The molecule has 1 saturated heterocycles. The molecule has 1 aliphatic rings. The fourth-order valence-electron chi connectivity index (χ4n) is 2.97. The van der Waals surface area contributed by atoms with Gasteiger partial charge in [0, 0.05) is 51.7 Å². The number of benzene rings is 1. The van der Waals surface area contributed by atoms with Crippen molar-refractivity contribution < 1.29 is 4.74 Å². The highest BCUT2D eigenvalue weighted by atomic mass is 16.5. The van der Waals surface area contributed by atoms with Gasteiger partial charge in [0.25, 0.3) is 0 Å². The first-order valence-electron chi connectivity index (χ1n) is 8.39. The van der Waals surface area contributed by atoms with Crippen LogP contribution in [0.2, 0.25) is 0 Å². The Balaban J connectivity index is 1.45. The Kier molecular flexibility index (Phi) is 5.61. The molecule has 122 valence electrons. The highest BCUT2D eigenvalue weighted by molar-refractivity contribution is 5.27. The number of hydrogen-bond donors (Lipinski definition) is 0. The normalized spacial score (nSPS) is 16.4. The Bertz CT molecular complexity index is 577. The van der Waals surface area contributed by atoms with Crippen LogP contribution < -0.4 is 4.74 Å². The van der Waals surface area contributed by atoms with Gasteiger partial charge >= 0.3 is 0 Å². The number of pyridine rings is 1. The number of piperazine rings is 1. The van der Waals surface area contributed by atoms with Crippen LogP contribution in [0.4, 0.5) is 0 Å². The molecule has 2 aromatic rings. The van der Waals surface area contributed by atoms with Gasteiger partial charge in [0.1, 0.15) is 5.75 Å². The van der Waals surface area contributed by atoms with Crippen molar-refractivity contribution in [2.75, 3.05) is 32.8 Å². The molecule has 0 N–H and O–H groups in total. The number of aromatic nitrogens is 1. The predicted octanol–water partition coefficient (Wildman–Crippen LogP) is 2.80. The molecule has 0 saturated carbocycles. The predicted molar refractivity (Wildman–Crippen MR) is 92.4 cm³/mol. The summed E-state index contributed by atoms with van der Waals surface area (Å²) in [4.78, 5) is 9.12. The van der Waals surface area contributed by atoms with E-state index in [9.17, 15) is 0 Å². The topological polar surface area (TPSA) is 28.6 Å². The Morgan fingerprint density at radius 1 is 0.826 bits per heavy atom. The lowest BCUT2D eigenvalue weighted by molar-refractivity contribution is 0.122. The maximum Gasteiger partial charge on any atom is 0.119 e. The summed E-state index contributed by atoms with van der Waals surface area (Å²) < 4.78 is 5.50. The van der Waals surface area contributed by atoms with E-state index < -0.39 is 0 Å². The van der Waals surface area contributed by atoms with E-state index in [2.05, 4.69) is 51.2 Å². The summed E-state index contributed by atoms with van der Waals surface area (Å²) in [6.07, 6.45) is 3.75. The molecule has 23 heavy (non-hydrogen) atoms. The summed E-state index contributed by atoms with van der Waals surface area (Å²) >= 11 is 0. The van der Waals surface area contributed by atoms with Crippen LogP contribution in [0.25, 0.3) is 0 Å². The Labute approximate surface area is 138 Å². The molecule has 0 unspecified atom stereocenters. The third-order valence-electron chi connectivity index (χ3n) is 4.26. The zero-order valence-corrected chi connectivity index (χ0v) is 13.8. The van der Waals surface area contributed by atoms with E-state index in [1.807, 2.05) is 19.3 Å². The minimum absolute atomic E-state index is 0.721. The van der Waals surface area contributed by atoms with Crippen LogP contribution in [-0.2, 0) is 13.1 Å². The maximum absolute atomic E-state index is 5.50. The van der Waals surface area contributed by atoms with Crippen LogP contribution in [0.15, 0.2) is 48.8 Å². The molecule has 1 aromatic heterocycles. The van der Waals surface area contributed by atoms with E-state index in [0.29, 0.717) is 0 Å². The van der Waals surface area contributed by atoms with Gasteiger partial charge in [-0.15, -0.1) is 0 Å². The van der Waals surface area contributed by atoms with Crippen molar-refractivity contribution in [3.8, 4) is 5.75 Å². The monoisotopic (exact) mass is 311 g/mol. The molecular formula is C19H25N3O. The average Bonchev–Trinajstić information content (AvgIpc) is 2.60. The minimum Gasteiger partial charge on any atom is -0.494 e. The zero-order chi connectivity index (χ0) is 15.9. The Morgan fingerprint density at radius 3 is 1.87 bits per heavy atom. The number of ether oxygens (including phenoxy) is 1. The van der Waals surface area contributed by atoms with Gasteiger partial charge in [-0.25, -0.2) is 0 Å². The summed E-state index contributed by atoms with van der Waals surface area (Å²) in [5, 5.41) is 0. The summed E-state index contributed by atoms with van der Waals surface area (Å²) in [5.74, 6) is 0.957. The lowest BCUT2D eigenvalue weighted by Crippen LogP contribution is -2.45. The number of rotatable bonds is 6. The fourth-order valence-corrected chi connectivity index (χ4v) is 2.97. The summed E-state index contributed by atoms with van der Waals surface area (Å²) in [6.45, 7) is 9.28. The fraction of sp³-hybridized carbons (Fsp3) is 0.421. The average molecular weight is 311 g/mol. The molecule has 0 bridgehead atoms. The number of nitrogens with zero attached hydrogens (tertiary/aromatic N) is 3. The smallest absolute Gasteiger partial charge is 0.119 e. The molecule has 0 aliphatic carbocycles. The third-order valence-corrected chi connectivity index (χ3v) is 4.26. The molecule has 2 heterocycles. The first-order valence-corrected chi connectivity index (χ1v) is 8.39. The summed E-state index contributed by atoms with van der Waals surface area (Å²) in [6, 6.07) is 12.7. The van der Waals surface area contributed by atoms with Crippen molar-refractivity contribution in [1.29, 1.82) is 0 Å². The van der Waals surface area contributed by atoms with Crippen LogP contribution in [0.3, 0.4) is 0 Å². The van der Waals surface area contributed by atoms with Crippen LogP contribution >= 0.6 is 0 Å². The van der Waals surface area contributed by atoms with Gasteiger partial charge in [0.05, 0.1) is 6.61 Å². The van der Waals surface area contributed by atoms with Crippen molar-refractivity contribution in [3.05, 3.63) is 59.9 Å². The van der Waals surface area contributed by atoms with Crippen LogP contribution in [-0.4, -0.2) is 47.6 Å². The molecular weight excluding hydrogens is 286 g/mol. The third kappa shape index (κ3) is 4.78. The van der Waals surface area contributed by atoms with Gasteiger partial charge < -0.3 is 4.74 Å². The van der Waals surface area contributed by atoms with E-state index in [4.69, 9.17) is 4.74 Å². The summed E-state index contributed by atoms with van der Waals surface area (Å²) in [7, 11) is 0. The van der Waals surface area contributed by atoms with Gasteiger partial charge in [-0.1, -0.05) is 12.1 Å².